The Bertz CT molecular complexity index is 631. The van der Waals surface area contributed by atoms with Gasteiger partial charge in [-0.3, -0.25) is 9.59 Å². The quantitative estimate of drug-likeness (QED) is 0.808. The zero-order chi connectivity index (χ0) is 16.4. The lowest BCUT2D eigenvalue weighted by Gasteiger charge is -2.58. The van der Waals surface area contributed by atoms with Crippen LogP contribution in [0.3, 0.4) is 0 Å². The molecule has 3 saturated carbocycles. The second-order valence-electron chi connectivity index (χ2n) is 8.27. The lowest BCUT2D eigenvalue weighted by Crippen LogP contribution is -2.56. The lowest BCUT2D eigenvalue weighted by atomic mass is 9.47. The minimum absolute atomic E-state index is 0.0696. The van der Waals surface area contributed by atoms with Crippen LogP contribution < -0.4 is 0 Å². The van der Waals surface area contributed by atoms with Crippen LogP contribution in [0.1, 0.15) is 52.4 Å². The summed E-state index contributed by atoms with van der Waals surface area (Å²) in [5.74, 6) is 1.40. The van der Waals surface area contributed by atoms with Crippen molar-refractivity contribution in [1.29, 1.82) is 0 Å². The largest absolute Gasteiger partial charge is 0.393 e. The highest BCUT2D eigenvalue weighted by atomic mass is 16.3. The van der Waals surface area contributed by atoms with E-state index in [-0.39, 0.29) is 22.5 Å². The molecular weight excluding hydrogens is 288 g/mol. The van der Waals surface area contributed by atoms with E-state index in [9.17, 15) is 14.7 Å². The van der Waals surface area contributed by atoms with Crippen LogP contribution in [0.5, 0.6) is 0 Å². The van der Waals surface area contributed by atoms with Crippen molar-refractivity contribution in [2.75, 3.05) is 0 Å². The first-order chi connectivity index (χ1) is 10.9. The molecule has 6 atom stereocenters. The molecule has 3 fully saturated rings. The standard InChI is InChI=1S/C20H26O3/c1-3-20-11-16(22)18-14(15(20)6-7-17(20)23)5-4-12-10-13(21)8-9-19(12,18)2/h8-10,14-16,18,22H,3-7,11H2,1-2H3/t14-,15-,16-,18+,19-,20-/m0/s1. The summed E-state index contributed by atoms with van der Waals surface area (Å²) < 4.78 is 0. The molecule has 4 rings (SSSR count). The van der Waals surface area contributed by atoms with Gasteiger partial charge in [-0.25, -0.2) is 0 Å². The van der Waals surface area contributed by atoms with Gasteiger partial charge in [0.25, 0.3) is 0 Å². The van der Waals surface area contributed by atoms with E-state index in [4.69, 9.17) is 0 Å². The minimum Gasteiger partial charge on any atom is -0.393 e. The summed E-state index contributed by atoms with van der Waals surface area (Å²) in [5, 5.41) is 11.0. The van der Waals surface area contributed by atoms with Gasteiger partial charge in [0.1, 0.15) is 5.78 Å². The van der Waals surface area contributed by atoms with Crippen molar-refractivity contribution in [3.05, 3.63) is 23.8 Å². The maximum absolute atomic E-state index is 12.6. The van der Waals surface area contributed by atoms with Gasteiger partial charge in [-0.2, -0.15) is 0 Å². The molecule has 0 spiro atoms. The van der Waals surface area contributed by atoms with Gasteiger partial charge in [-0.1, -0.05) is 25.5 Å². The number of rotatable bonds is 1. The normalized spacial score (nSPS) is 48.6. The molecule has 124 valence electrons. The number of fused-ring (bicyclic) bond motifs is 5. The number of carbonyl (C=O) groups excluding carboxylic acids is 2. The van der Waals surface area contributed by atoms with E-state index in [0.717, 1.165) is 25.7 Å². The molecule has 3 nitrogen and oxygen atoms in total. The van der Waals surface area contributed by atoms with Gasteiger partial charge >= 0.3 is 0 Å². The fourth-order valence-corrected chi connectivity index (χ4v) is 6.50. The van der Waals surface area contributed by atoms with Crippen LogP contribution in [0.4, 0.5) is 0 Å². The Morgan fingerprint density at radius 3 is 2.78 bits per heavy atom. The van der Waals surface area contributed by atoms with Crippen LogP contribution in [0.2, 0.25) is 0 Å². The summed E-state index contributed by atoms with van der Waals surface area (Å²) in [5.41, 5.74) is 0.673. The van der Waals surface area contributed by atoms with Crippen molar-refractivity contribution < 1.29 is 14.7 Å². The Balaban J connectivity index is 1.77. The number of allylic oxidation sites excluding steroid dienone is 4. The van der Waals surface area contributed by atoms with Crippen LogP contribution in [-0.2, 0) is 9.59 Å². The topological polar surface area (TPSA) is 54.4 Å². The van der Waals surface area contributed by atoms with E-state index >= 15 is 0 Å². The predicted molar refractivity (Wildman–Crippen MR) is 87.6 cm³/mol. The fraction of sp³-hybridized carbons (Fsp3) is 0.700. The van der Waals surface area contributed by atoms with Gasteiger partial charge in [0.2, 0.25) is 0 Å². The van der Waals surface area contributed by atoms with Gasteiger partial charge in [0.15, 0.2) is 5.78 Å². The molecule has 23 heavy (non-hydrogen) atoms. The SMILES string of the molecule is CC[C@]12C[C@H](O)[C@H]3[C@@H](CCC4=CC(=O)C=C[C@@]43C)[C@@H]1CCC2=O. The summed E-state index contributed by atoms with van der Waals surface area (Å²) in [6.07, 6.45) is 10.1. The highest BCUT2D eigenvalue weighted by Crippen LogP contribution is 2.64. The number of aliphatic hydroxyl groups excluding tert-OH is 1. The minimum atomic E-state index is -0.454. The van der Waals surface area contributed by atoms with Gasteiger partial charge in [-0.15, -0.1) is 0 Å². The average molecular weight is 314 g/mol. The molecule has 0 aliphatic heterocycles. The summed E-state index contributed by atoms with van der Waals surface area (Å²) >= 11 is 0. The van der Waals surface area contributed by atoms with Crippen molar-refractivity contribution in [3.63, 3.8) is 0 Å². The number of ketones is 2. The molecule has 4 aliphatic rings. The van der Waals surface area contributed by atoms with Gasteiger partial charge in [0, 0.05) is 23.2 Å². The number of hydrogen-bond donors (Lipinski definition) is 1. The van der Waals surface area contributed by atoms with E-state index in [1.165, 1.54) is 5.57 Å². The monoisotopic (exact) mass is 314 g/mol. The summed E-state index contributed by atoms with van der Waals surface area (Å²) in [4.78, 5) is 24.4. The Hall–Kier alpha value is -1.22. The molecule has 1 N–H and O–H groups in total. The maximum Gasteiger partial charge on any atom is 0.178 e. The zero-order valence-electron chi connectivity index (χ0n) is 14.0. The van der Waals surface area contributed by atoms with E-state index in [1.807, 2.05) is 6.08 Å². The Labute approximate surface area is 137 Å². The molecule has 0 heterocycles. The third-order valence-electron chi connectivity index (χ3n) is 7.59. The molecule has 4 aliphatic carbocycles. The summed E-state index contributed by atoms with van der Waals surface area (Å²) in [7, 11) is 0. The van der Waals surface area contributed by atoms with Crippen molar-refractivity contribution in [3.8, 4) is 0 Å². The Kier molecular flexibility index (Phi) is 3.26. The van der Waals surface area contributed by atoms with Gasteiger partial charge < -0.3 is 5.11 Å². The number of hydrogen-bond acceptors (Lipinski definition) is 3. The molecule has 0 aromatic rings. The molecule has 0 saturated heterocycles. The van der Waals surface area contributed by atoms with Crippen LogP contribution in [0.15, 0.2) is 23.8 Å². The molecule has 0 radical (unpaired) electrons. The van der Waals surface area contributed by atoms with Crippen LogP contribution >= 0.6 is 0 Å². The van der Waals surface area contributed by atoms with Crippen LogP contribution in [0.25, 0.3) is 0 Å². The van der Waals surface area contributed by atoms with E-state index < -0.39 is 6.10 Å². The van der Waals surface area contributed by atoms with Crippen LogP contribution in [0, 0.1) is 28.6 Å². The highest BCUT2D eigenvalue weighted by Gasteiger charge is 2.62. The van der Waals surface area contributed by atoms with Gasteiger partial charge in [-0.05, 0) is 56.1 Å². The zero-order valence-corrected chi connectivity index (χ0v) is 14.0. The lowest BCUT2D eigenvalue weighted by molar-refractivity contribution is -0.146. The van der Waals surface area contributed by atoms with E-state index in [2.05, 4.69) is 13.8 Å². The first-order valence-corrected chi connectivity index (χ1v) is 9.08. The predicted octanol–water partition coefficient (Wildman–Crippen LogP) is 3.22. The van der Waals surface area contributed by atoms with Crippen molar-refractivity contribution in [2.24, 2.45) is 28.6 Å². The average Bonchev–Trinajstić information content (AvgIpc) is 2.85. The molecule has 0 unspecified atom stereocenters. The second-order valence-corrected chi connectivity index (χ2v) is 8.27. The first kappa shape index (κ1) is 15.3. The van der Waals surface area contributed by atoms with Gasteiger partial charge in [0.05, 0.1) is 6.10 Å². The smallest absolute Gasteiger partial charge is 0.178 e. The highest BCUT2D eigenvalue weighted by molar-refractivity contribution is 6.01. The van der Waals surface area contributed by atoms with Crippen LogP contribution in [-0.4, -0.2) is 22.8 Å². The van der Waals surface area contributed by atoms with E-state index in [1.54, 1.807) is 12.2 Å². The fourth-order valence-electron chi connectivity index (χ4n) is 6.50. The second kappa shape index (κ2) is 4.89. The summed E-state index contributed by atoms with van der Waals surface area (Å²) in [6, 6.07) is 0. The first-order valence-electron chi connectivity index (χ1n) is 9.08. The molecule has 0 aromatic heterocycles. The molecule has 0 amide bonds. The molecular formula is C20H26O3. The third-order valence-corrected chi connectivity index (χ3v) is 7.59. The van der Waals surface area contributed by atoms with Crippen molar-refractivity contribution >= 4 is 11.6 Å². The number of Topliss-reactive ketones (excluding diaryl/α,β-unsaturated/α-hetero) is 1. The molecule has 0 bridgehead atoms. The number of aliphatic hydroxyl groups is 1. The molecule has 3 heteroatoms. The maximum atomic E-state index is 12.6. The van der Waals surface area contributed by atoms with E-state index in [0.29, 0.717) is 30.5 Å². The Morgan fingerprint density at radius 2 is 2.04 bits per heavy atom. The number of carbonyl (C=O) groups is 2. The molecule has 0 aromatic carbocycles. The van der Waals surface area contributed by atoms with Crippen molar-refractivity contribution in [2.45, 2.75) is 58.5 Å². The van der Waals surface area contributed by atoms with Crippen molar-refractivity contribution in [1.82, 2.24) is 0 Å². The Morgan fingerprint density at radius 1 is 1.26 bits per heavy atom. The summed E-state index contributed by atoms with van der Waals surface area (Å²) in [6.45, 7) is 4.29. The third kappa shape index (κ3) is 1.86.